The lowest BCUT2D eigenvalue weighted by atomic mass is 9.94. The number of carbonyl (C=O) groups is 1. The first kappa shape index (κ1) is 16.6. The van der Waals surface area contributed by atoms with Crippen LogP contribution in [0.3, 0.4) is 0 Å². The second kappa shape index (κ2) is 6.02. The smallest absolute Gasteiger partial charge is 0.270 e. The van der Waals surface area contributed by atoms with Crippen LogP contribution in [0.5, 0.6) is 0 Å². The lowest BCUT2D eigenvalue weighted by Crippen LogP contribution is -2.36. The number of hydrogen-bond acceptors (Lipinski definition) is 4. The van der Waals surface area contributed by atoms with E-state index in [-0.39, 0.29) is 34.3 Å². The SMILES string of the molecule is CC(C)[C@@H]1SCC(=O)Nc2c1c(=O)[nH]n2[C@H]1CCOC(C)(C)C1. The van der Waals surface area contributed by atoms with Gasteiger partial charge in [-0.05, 0) is 32.6 Å². The molecule has 1 aromatic rings. The third-order valence-electron chi connectivity index (χ3n) is 4.54. The summed E-state index contributed by atoms with van der Waals surface area (Å²) in [5.41, 5.74) is 0.399. The van der Waals surface area contributed by atoms with Crippen molar-refractivity contribution in [2.24, 2.45) is 5.92 Å². The fraction of sp³-hybridized carbons (Fsp3) is 0.750. The fourth-order valence-corrected chi connectivity index (χ4v) is 4.66. The van der Waals surface area contributed by atoms with Crippen LogP contribution in [0.1, 0.15) is 57.4 Å². The van der Waals surface area contributed by atoms with Crippen LogP contribution in [-0.2, 0) is 9.53 Å². The summed E-state index contributed by atoms with van der Waals surface area (Å²) in [6.07, 6.45) is 1.63. The first-order chi connectivity index (χ1) is 10.8. The van der Waals surface area contributed by atoms with E-state index in [1.807, 2.05) is 4.68 Å². The molecule has 0 unspecified atom stereocenters. The van der Waals surface area contributed by atoms with Gasteiger partial charge in [0.25, 0.3) is 5.56 Å². The number of carbonyl (C=O) groups excluding carboxylic acids is 1. The van der Waals surface area contributed by atoms with Crippen LogP contribution in [0.2, 0.25) is 0 Å². The second-order valence-corrected chi connectivity index (χ2v) is 8.48. The number of ether oxygens (including phenoxy) is 1. The molecule has 1 aromatic heterocycles. The van der Waals surface area contributed by atoms with Gasteiger partial charge in [-0.1, -0.05) is 13.8 Å². The minimum Gasteiger partial charge on any atom is -0.375 e. The molecule has 6 nitrogen and oxygen atoms in total. The highest BCUT2D eigenvalue weighted by molar-refractivity contribution is 8.00. The van der Waals surface area contributed by atoms with Gasteiger partial charge in [-0.2, -0.15) is 0 Å². The lowest BCUT2D eigenvalue weighted by molar-refractivity contribution is -0.113. The van der Waals surface area contributed by atoms with Gasteiger partial charge >= 0.3 is 0 Å². The molecule has 2 N–H and O–H groups in total. The van der Waals surface area contributed by atoms with Crippen molar-refractivity contribution in [3.05, 3.63) is 15.9 Å². The second-order valence-electron chi connectivity index (χ2n) is 7.35. The van der Waals surface area contributed by atoms with E-state index in [0.717, 1.165) is 12.8 Å². The number of fused-ring (bicyclic) bond motifs is 1. The first-order valence-corrected chi connectivity index (χ1v) is 9.23. The average molecular weight is 339 g/mol. The average Bonchev–Trinajstić information content (AvgIpc) is 2.65. The van der Waals surface area contributed by atoms with Crippen molar-refractivity contribution in [3.63, 3.8) is 0 Å². The molecular formula is C16H25N3O3S. The summed E-state index contributed by atoms with van der Waals surface area (Å²) in [5.74, 6) is 1.29. The number of thioether (sulfide) groups is 1. The van der Waals surface area contributed by atoms with E-state index < -0.39 is 0 Å². The van der Waals surface area contributed by atoms with Gasteiger partial charge in [0.2, 0.25) is 5.91 Å². The monoisotopic (exact) mass is 339 g/mol. The zero-order valence-corrected chi connectivity index (χ0v) is 15.0. The van der Waals surface area contributed by atoms with Crippen LogP contribution in [-0.4, -0.2) is 33.6 Å². The van der Waals surface area contributed by atoms with Crippen molar-refractivity contribution in [1.29, 1.82) is 0 Å². The molecule has 2 aliphatic rings. The van der Waals surface area contributed by atoms with Crippen molar-refractivity contribution in [3.8, 4) is 0 Å². The number of nitrogens with one attached hydrogen (secondary N) is 2. The van der Waals surface area contributed by atoms with Crippen LogP contribution >= 0.6 is 11.8 Å². The van der Waals surface area contributed by atoms with Gasteiger partial charge in [-0.3, -0.25) is 19.4 Å². The molecular weight excluding hydrogens is 314 g/mol. The van der Waals surface area contributed by atoms with E-state index in [0.29, 0.717) is 23.7 Å². The highest BCUT2D eigenvalue weighted by Gasteiger charge is 2.36. The highest BCUT2D eigenvalue weighted by atomic mass is 32.2. The summed E-state index contributed by atoms with van der Waals surface area (Å²) < 4.78 is 7.65. The van der Waals surface area contributed by atoms with E-state index >= 15 is 0 Å². The standard InChI is InChI=1S/C16H25N3O3S/c1-9(2)13-12-14(17-11(20)8-23-13)19(18-15(12)21)10-5-6-22-16(3,4)7-10/h9-10,13H,5-8H2,1-4H3,(H,17,20)(H,18,21)/t10-,13-/m0/s1. The molecule has 0 radical (unpaired) electrons. The van der Waals surface area contributed by atoms with E-state index in [1.54, 1.807) is 11.8 Å². The quantitative estimate of drug-likeness (QED) is 0.868. The number of nitrogens with zero attached hydrogens (tertiary/aromatic N) is 1. The molecule has 1 saturated heterocycles. The Hall–Kier alpha value is -1.21. The number of H-pyrrole nitrogens is 1. The number of anilines is 1. The predicted octanol–water partition coefficient (Wildman–Crippen LogP) is 2.69. The van der Waals surface area contributed by atoms with Crippen molar-refractivity contribution >= 4 is 23.5 Å². The van der Waals surface area contributed by atoms with Crippen LogP contribution in [0.15, 0.2) is 4.79 Å². The molecule has 2 aliphatic heterocycles. The molecule has 3 rings (SSSR count). The largest absolute Gasteiger partial charge is 0.375 e. The van der Waals surface area contributed by atoms with Crippen molar-refractivity contribution in [2.75, 3.05) is 17.7 Å². The van der Waals surface area contributed by atoms with Crippen LogP contribution in [0.4, 0.5) is 5.82 Å². The summed E-state index contributed by atoms with van der Waals surface area (Å²) in [5, 5.41) is 5.96. The Balaban J connectivity index is 2.05. The van der Waals surface area contributed by atoms with Crippen LogP contribution < -0.4 is 10.9 Å². The van der Waals surface area contributed by atoms with Gasteiger partial charge < -0.3 is 10.1 Å². The Morgan fingerprint density at radius 1 is 1.35 bits per heavy atom. The normalized spacial score (nSPS) is 27.4. The zero-order valence-electron chi connectivity index (χ0n) is 14.1. The molecule has 23 heavy (non-hydrogen) atoms. The van der Waals surface area contributed by atoms with Gasteiger partial charge in [0.15, 0.2) is 0 Å². The van der Waals surface area contributed by atoms with Gasteiger partial charge in [-0.15, -0.1) is 11.8 Å². The summed E-state index contributed by atoms with van der Waals surface area (Å²) in [7, 11) is 0. The summed E-state index contributed by atoms with van der Waals surface area (Å²) in [6, 6.07) is 0.131. The number of rotatable bonds is 2. The van der Waals surface area contributed by atoms with E-state index in [2.05, 4.69) is 38.1 Å². The zero-order chi connectivity index (χ0) is 16.8. The Bertz CT molecular complexity index is 662. The lowest BCUT2D eigenvalue weighted by Gasteiger charge is -2.36. The number of amides is 1. The molecule has 7 heteroatoms. The maximum Gasteiger partial charge on any atom is 0.270 e. The van der Waals surface area contributed by atoms with Crippen molar-refractivity contribution < 1.29 is 9.53 Å². The number of hydrogen-bond donors (Lipinski definition) is 2. The Morgan fingerprint density at radius 3 is 2.74 bits per heavy atom. The van der Waals surface area contributed by atoms with Gasteiger partial charge in [0, 0.05) is 11.9 Å². The van der Waals surface area contributed by atoms with Crippen LogP contribution in [0.25, 0.3) is 0 Å². The highest BCUT2D eigenvalue weighted by Crippen LogP contribution is 2.42. The Kier molecular flexibility index (Phi) is 4.35. The third-order valence-corrected chi connectivity index (χ3v) is 6.11. The van der Waals surface area contributed by atoms with Gasteiger partial charge in [-0.25, -0.2) is 0 Å². The van der Waals surface area contributed by atoms with Crippen molar-refractivity contribution in [1.82, 2.24) is 9.78 Å². The minimum absolute atomic E-state index is 0.0294. The maximum absolute atomic E-state index is 12.6. The summed E-state index contributed by atoms with van der Waals surface area (Å²) >= 11 is 1.55. The topological polar surface area (TPSA) is 76.1 Å². The maximum atomic E-state index is 12.6. The Labute approximate surface area is 140 Å². The molecule has 0 spiro atoms. The minimum atomic E-state index is -0.224. The van der Waals surface area contributed by atoms with E-state index in [1.165, 1.54) is 0 Å². The molecule has 1 fully saturated rings. The molecule has 3 heterocycles. The van der Waals surface area contributed by atoms with Crippen LogP contribution in [0, 0.1) is 5.92 Å². The molecule has 0 saturated carbocycles. The van der Waals surface area contributed by atoms with E-state index in [4.69, 9.17) is 4.74 Å². The van der Waals surface area contributed by atoms with E-state index in [9.17, 15) is 9.59 Å². The predicted molar refractivity (Wildman–Crippen MR) is 92.0 cm³/mol. The summed E-state index contributed by atoms with van der Waals surface area (Å²) in [6.45, 7) is 8.95. The molecule has 0 bridgehead atoms. The Morgan fingerprint density at radius 2 is 2.09 bits per heavy atom. The number of aromatic nitrogens is 2. The van der Waals surface area contributed by atoms with Gasteiger partial charge in [0.05, 0.1) is 23.0 Å². The fourth-order valence-electron chi connectivity index (χ4n) is 3.49. The summed E-state index contributed by atoms with van der Waals surface area (Å²) in [4.78, 5) is 24.7. The molecule has 2 atom stereocenters. The van der Waals surface area contributed by atoms with Crippen molar-refractivity contribution in [2.45, 2.75) is 57.4 Å². The molecule has 1 amide bonds. The molecule has 128 valence electrons. The number of aromatic amines is 1. The third kappa shape index (κ3) is 3.21. The molecule has 0 aliphatic carbocycles. The molecule has 0 aromatic carbocycles. The van der Waals surface area contributed by atoms with Gasteiger partial charge in [0.1, 0.15) is 5.82 Å². The first-order valence-electron chi connectivity index (χ1n) is 8.18.